The standard InChI is InChI=1S/C15H20Cl2N2O/c1-19(9-11-5-4-6-12(16)13(11)17)14(20)15(10-18)7-2-3-8-15/h4-6H,2-3,7-10,18H2,1H3. The van der Waals surface area contributed by atoms with Crippen LogP contribution in [0.5, 0.6) is 0 Å². The van der Waals surface area contributed by atoms with Crippen molar-refractivity contribution in [1.29, 1.82) is 0 Å². The number of nitrogens with zero attached hydrogens (tertiary/aromatic N) is 1. The summed E-state index contributed by atoms with van der Waals surface area (Å²) < 4.78 is 0. The molecule has 1 aromatic rings. The van der Waals surface area contributed by atoms with Crippen LogP contribution in [-0.2, 0) is 11.3 Å². The molecule has 1 saturated carbocycles. The number of carbonyl (C=O) groups is 1. The van der Waals surface area contributed by atoms with Crippen molar-refractivity contribution in [3.63, 3.8) is 0 Å². The first kappa shape index (κ1) is 15.6. The fourth-order valence-corrected chi connectivity index (χ4v) is 3.34. The zero-order chi connectivity index (χ0) is 14.8. The number of hydrogen-bond acceptors (Lipinski definition) is 2. The molecular weight excluding hydrogens is 295 g/mol. The molecule has 0 aromatic heterocycles. The zero-order valence-corrected chi connectivity index (χ0v) is 13.2. The van der Waals surface area contributed by atoms with Crippen molar-refractivity contribution >= 4 is 29.1 Å². The molecule has 0 radical (unpaired) electrons. The highest BCUT2D eigenvalue weighted by molar-refractivity contribution is 6.42. The first-order chi connectivity index (χ1) is 9.50. The van der Waals surface area contributed by atoms with E-state index in [0.717, 1.165) is 31.2 Å². The van der Waals surface area contributed by atoms with E-state index in [1.54, 1.807) is 18.0 Å². The van der Waals surface area contributed by atoms with Crippen LogP contribution in [0.15, 0.2) is 18.2 Å². The summed E-state index contributed by atoms with van der Waals surface area (Å²) in [4.78, 5) is 14.4. The Bertz CT molecular complexity index is 499. The first-order valence-corrected chi connectivity index (χ1v) is 7.64. The van der Waals surface area contributed by atoms with Crippen molar-refractivity contribution in [2.75, 3.05) is 13.6 Å². The van der Waals surface area contributed by atoms with Gasteiger partial charge in [0.15, 0.2) is 0 Å². The lowest BCUT2D eigenvalue weighted by atomic mass is 9.84. The maximum atomic E-state index is 12.7. The second-order valence-corrected chi connectivity index (χ2v) is 6.35. The minimum Gasteiger partial charge on any atom is -0.341 e. The number of carbonyl (C=O) groups excluding carboxylic acids is 1. The van der Waals surface area contributed by atoms with Gasteiger partial charge in [-0.3, -0.25) is 4.79 Å². The average molecular weight is 315 g/mol. The molecule has 3 nitrogen and oxygen atoms in total. The maximum absolute atomic E-state index is 12.7. The van der Waals surface area contributed by atoms with Crippen LogP contribution in [0.2, 0.25) is 10.0 Å². The van der Waals surface area contributed by atoms with Crippen molar-refractivity contribution < 1.29 is 4.79 Å². The summed E-state index contributed by atoms with van der Waals surface area (Å²) >= 11 is 12.2. The van der Waals surface area contributed by atoms with Crippen LogP contribution >= 0.6 is 23.2 Å². The average Bonchev–Trinajstić information content (AvgIpc) is 2.93. The van der Waals surface area contributed by atoms with Crippen LogP contribution < -0.4 is 5.73 Å². The van der Waals surface area contributed by atoms with Crippen LogP contribution in [0, 0.1) is 5.41 Å². The Balaban J connectivity index is 2.13. The van der Waals surface area contributed by atoms with Gasteiger partial charge in [0, 0.05) is 20.1 Å². The van der Waals surface area contributed by atoms with E-state index in [9.17, 15) is 4.79 Å². The molecule has 110 valence electrons. The van der Waals surface area contributed by atoms with Crippen LogP contribution in [0.3, 0.4) is 0 Å². The second-order valence-electron chi connectivity index (χ2n) is 5.57. The van der Waals surface area contributed by atoms with E-state index in [4.69, 9.17) is 28.9 Å². The van der Waals surface area contributed by atoms with E-state index in [1.807, 2.05) is 12.1 Å². The van der Waals surface area contributed by atoms with Crippen molar-refractivity contribution in [2.24, 2.45) is 11.1 Å². The number of hydrogen-bond donors (Lipinski definition) is 1. The number of amides is 1. The van der Waals surface area contributed by atoms with Crippen molar-refractivity contribution in [3.05, 3.63) is 33.8 Å². The van der Waals surface area contributed by atoms with Gasteiger partial charge in [-0.25, -0.2) is 0 Å². The summed E-state index contributed by atoms with van der Waals surface area (Å²) in [6.45, 7) is 0.874. The van der Waals surface area contributed by atoms with E-state index < -0.39 is 0 Å². The van der Waals surface area contributed by atoms with Gasteiger partial charge in [0.2, 0.25) is 5.91 Å². The summed E-state index contributed by atoms with van der Waals surface area (Å²) in [5, 5.41) is 1.03. The predicted molar refractivity (Wildman–Crippen MR) is 82.9 cm³/mol. The third-order valence-corrected chi connectivity index (χ3v) is 5.05. The molecule has 0 heterocycles. The lowest BCUT2D eigenvalue weighted by Gasteiger charge is -2.31. The summed E-state index contributed by atoms with van der Waals surface area (Å²) in [5.41, 5.74) is 6.35. The van der Waals surface area contributed by atoms with Crippen molar-refractivity contribution in [2.45, 2.75) is 32.2 Å². The Morgan fingerprint density at radius 2 is 2.00 bits per heavy atom. The van der Waals surface area contributed by atoms with Gasteiger partial charge in [-0.1, -0.05) is 48.2 Å². The molecule has 2 N–H and O–H groups in total. The third-order valence-electron chi connectivity index (χ3n) is 4.19. The molecule has 0 bridgehead atoms. The molecule has 20 heavy (non-hydrogen) atoms. The summed E-state index contributed by atoms with van der Waals surface area (Å²) in [7, 11) is 1.80. The number of halogens is 2. The highest BCUT2D eigenvalue weighted by atomic mass is 35.5. The summed E-state index contributed by atoms with van der Waals surface area (Å²) in [6, 6.07) is 5.48. The highest BCUT2D eigenvalue weighted by Gasteiger charge is 2.41. The summed E-state index contributed by atoms with van der Waals surface area (Å²) in [5.74, 6) is 0.119. The Labute approximate surface area is 130 Å². The molecule has 0 saturated heterocycles. The van der Waals surface area contributed by atoms with Gasteiger partial charge in [0.05, 0.1) is 15.5 Å². The fraction of sp³-hybridized carbons (Fsp3) is 0.533. The first-order valence-electron chi connectivity index (χ1n) is 6.89. The quantitative estimate of drug-likeness (QED) is 0.925. The molecule has 0 unspecified atom stereocenters. The lowest BCUT2D eigenvalue weighted by Crippen LogP contribution is -2.44. The Kier molecular flexibility index (Phi) is 4.95. The van der Waals surface area contributed by atoms with Crippen LogP contribution in [-0.4, -0.2) is 24.4 Å². The van der Waals surface area contributed by atoms with Gasteiger partial charge >= 0.3 is 0 Å². The largest absolute Gasteiger partial charge is 0.341 e. The lowest BCUT2D eigenvalue weighted by molar-refractivity contribution is -0.140. The van der Waals surface area contributed by atoms with Gasteiger partial charge < -0.3 is 10.6 Å². The minimum atomic E-state index is -0.375. The normalized spacial score (nSPS) is 17.2. The van der Waals surface area contributed by atoms with Gasteiger partial charge in [-0.2, -0.15) is 0 Å². The van der Waals surface area contributed by atoms with Gasteiger partial charge in [-0.15, -0.1) is 0 Å². The SMILES string of the molecule is CN(Cc1cccc(Cl)c1Cl)C(=O)C1(CN)CCCC1. The molecule has 1 fully saturated rings. The monoisotopic (exact) mass is 314 g/mol. The molecule has 0 aliphatic heterocycles. The molecule has 1 aromatic carbocycles. The van der Waals surface area contributed by atoms with E-state index in [1.165, 1.54) is 0 Å². The van der Waals surface area contributed by atoms with Crippen molar-refractivity contribution in [1.82, 2.24) is 4.90 Å². The number of nitrogens with two attached hydrogens (primary N) is 1. The van der Waals surface area contributed by atoms with E-state index in [2.05, 4.69) is 0 Å². The smallest absolute Gasteiger partial charge is 0.230 e. The number of benzene rings is 1. The molecule has 0 atom stereocenters. The van der Waals surface area contributed by atoms with Crippen LogP contribution in [0.4, 0.5) is 0 Å². The number of rotatable bonds is 4. The zero-order valence-electron chi connectivity index (χ0n) is 11.7. The fourth-order valence-electron chi connectivity index (χ4n) is 2.96. The second kappa shape index (κ2) is 6.33. The summed E-state index contributed by atoms with van der Waals surface area (Å²) in [6.07, 6.45) is 3.93. The van der Waals surface area contributed by atoms with Gasteiger partial charge in [0.1, 0.15) is 0 Å². The topological polar surface area (TPSA) is 46.3 Å². The van der Waals surface area contributed by atoms with Gasteiger partial charge in [-0.05, 0) is 24.5 Å². The van der Waals surface area contributed by atoms with E-state index in [0.29, 0.717) is 23.1 Å². The molecule has 1 amide bonds. The Morgan fingerprint density at radius 1 is 1.35 bits per heavy atom. The van der Waals surface area contributed by atoms with Gasteiger partial charge in [0.25, 0.3) is 0 Å². The van der Waals surface area contributed by atoms with E-state index >= 15 is 0 Å². The highest BCUT2D eigenvalue weighted by Crippen LogP contribution is 2.39. The molecular formula is C15H20Cl2N2O. The van der Waals surface area contributed by atoms with Crippen LogP contribution in [0.1, 0.15) is 31.2 Å². The minimum absolute atomic E-state index is 0.119. The molecule has 2 rings (SSSR count). The predicted octanol–water partition coefficient (Wildman–Crippen LogP) is 3.47. The van der Waals surface area contributed by atoms with Crippen LogP contribution in [0.25, 0.3) is 0 Å². The third kappa shape index (κ3) is 2.95. The molecule has 1 aliphatic rings. The van der Waals surface area contributed by atoms with Crippen molar-refractivity contribution in [3.8, 4) is 0 Å². The maximum Gasteiger partial charge on any atom is 0.230 e. The Hall–Kier alpha value is -0.770. The molecule has 0 spiro atoms. The molecule has 5 heteroatoms. The molecule has 1 aliphatic carbocycles. The van der Waals surface area contributed by atoms with E-state index in [-0.39, 0.29) is 11.3 Å². The Morgan fingerprint density at radius 3 is 2.60 bits per heavy atom.